The summed E-state index contributed by atoms with van der Waals surface area (Å²) >= 11 is 1.21. The van der Waals surface area contributed by atoms with E-state index in [1.54, 1.807) is 5.38 Å². The number of aromatic nitrogens is 2. The zero-order chi connectivity index (χ0) is 14.9. The molecule has 3 atom stereocenters. The second-order valence-electron chi connectivity index (χ2n) is 6.11. The van der Waals surface area contributed by atoms with Gasteiger partial charge in [-0.3, -0.25) is 9.69 Å². The lowest BCUT2D eigenvalue weighted by molar-refractivity contribution is -0.0614. The lowest BCUT2D eigenvalue weighted by Gasteiger charge is -2.37. The standard InChI is InChI=1S/C14H20N4O3S/c19-14(11-9-22-16-15-11)18-7-12-13(8-18)21-5-3-17(12)6-10-2-1-4-20-10/h9-10,12-13H,1-8H2. The van der Waals surface area contributed by atoms with Gasteiger partial charge in [0.1, 0.15) is 0 Å². The topological polar surface area (TPSA) is 67.8 Å². The molecule has 1 aromatic heterocycles. The fourth-order valence-electron chi connectivity index (χ4n) is 3.62. The number of likely N-dealkylation sites (tertiary alicyclic amines) is 1. The number of hydrogen-bond donors (Lipinski definition) is 0. The van der Waals surface area contributed by atoms with E-state index in [0.29, 0.717) is 24.9 Å². The maximum atomic E-state index is 12.4. The van der Waals surface area contributed by atoms with Crippen LogP contribution in [0.3, 0.4) is 0 Å². The molecule has 3 unspecified atom stereocenters. The van der Waals surface area contributed by atoms with E-state index < -0.39 is 0 Å². The Labute approximate surface area is 133 Å². The van der Waals surface area contributed by atoms with Gasteiger partial charge in [0.2, 0.25) is 0 Å². The maximum Gasteiger partial charge on any atom is 0.275 e. The van der Waals surface area contributed by atoms with Crippen LogP contribution in [0.2, 0.25) is 0 Å². The Hall–Kier alpha value is -1.09. The summed E-state index contributed by atoms with van der Waals surface area (Å²) < 4.78 is 15.4. The number of nitrogens with zero attached hydrogens (tertiary/aromatic N) is 4. The minimum atomic E-state index is -0.0381. The maximum absolute atomic E-state index is 12.4. The molecule has 0 aliphatic carbocycles. The molecule has 0 N–H and O–H groups in total. The average molecular weight is 324 g/mol. The molecule has 0 saturated carbocycles. The molecule has 4 rings (SSSR count). The first kappa shape index (κ1) is 14.5. The van der Waals surface area contributed by atoms with Crippen LogP contribution >= 0.6 is 11.5 Å². The van der Waals surface area contributed by atoms with E-state index in [1.807, 2.05) is 4.90 Å². The normalized spacial score (nSPS) is 32.4. The molecule has 7 nitrogen and oxygen atoms in total. The number of carbonyl (C=O) groups excluding carboxylic acids is 1. The highest BCUT2D eigenvalue weighted by molar-refractivity contribution is 7.03. The molecule has 3 fully saturated rings. The Morgan fingerprint density at radius 2 is 2.32 bits per heavy atom. The van der Waals surface area contributed by atoms with Crippen molar-refractivity contribution in [3.05, 3.63) is 11.1 Å². The van der Waals surface area contributed by atoms with Gasteiger partial charge in [0, 0.05) is 38.2 Å². The highest BCUT2D eigenvalue weighted by Crippen LogP contribution is 2.26. The van der Waals surface area contributed by atoms with Gasteiger partial charge in [0.05, 0.1) is 24.9 Å². The van der Waals surface area contributed by atoms with Crippen molar-refractivity contribution in [1.29, 1.82) is 0 Å². The van der Waals surface area contributed by atoms with Gasteiger partial charge in [-0.25, -0.2) is 0 Å². The van der Waals surface area contributed by atoms with Gasteiger partial charge >= 0.3 is 0 Å². The zero-order valence-electron chi connectivity index (χ0n) is 12.4. The van der Waals surface area contributed by atoms with Crippen LogP contribution in [-0.2, 0) is 9.47 Å². The summed E-state index contributed by atoms with van der Waals surface area (Å²) in [4.78, 5) is 16.7. The predicted molar refractivity (Wildman–Crippen MR) is 79.9 cm³/mol. The number of carbonyl (C=O) groups is 1. The van der Waals surface area contributed by atoms with E-state index in [2.05, 4.69) is 14.5 Å². The van der Waals surface area contributed by atoms with Crippen LogP contribution in [0.1, 0.15) is 23.3 Å². The van der Waals surface area contributed by atoms with Crippen molar-refractivity contribution >= 4 is 17.4 Å². The summed E-state index contributed by atoms with van der Waals surface area (Å²) in [5.74, 6) is -0.0381. The second kappa shape index (κ2) is 6.19. The molecule has 3 aliphatic heterocycles. The molecule has 3 aliphatic rings. The highest BCUT2D eigenvalue weighted by atomic mass is 32.1. The van der Waals surface area contributed by atoms with Crippen LogP contribution in [0.5, 0.6) is 0 Å². The minimum absolute atomic E-state index is 0.0381. The third-order valence-corrected chi connectivity index (χ3v) is 5.25. The van der Waals surface area contributed by atoms with E-state index in [4.69, 9.17) is 9.47 Å². The number of ether oxygens (including phenoxy) is 2. The van der Waals surface area contributed by atoms with Gasteiger partial charge in [-0.05, 0) is 24.4 Å². The first-order valence-corrected chi connectivity index (χ1v) is 8.68. The predicted octanol–water partition coefficient (Wildman–Crippen LogP) is 0.242. The molecule has 0 bridgehead atoms. The first-order valence-electron chi connectivity index (χ1n) is 7.85. The van der Waals surface area contributed by atoms with Crippen molar-refractivity contribution in [1.82, 2.24) is 19.4 Å². The largest absolute Gasteiger partial charge is 0.377 e. The van der Waals surface area contributed by atoms with E-state index in [0.717, 1.165) is 39.1 Å². The summed E-state index contributed by atoms with van der Waals surface area (Å²) in [6, 6.07) is 0.272. The van der Waals surface area contributed by atoms with Crippen molar-refractivity contribution in [2.24, 2.45) is 0 Å². The van der Waals surface area contributed by atoms with Crippen molar-refractivity contribution in [2.75, 3.05) is 39.4 Å². The van der Waals surface area contributed by atoms with Crippen molar-refractivity contribution in [2.45, 2.75) is 31.1 Å². The molecule has 22 heavy (non-hydrogen) atoms. The Morgan fingerprint density at radius 3 is 3.09 bits per heavy atom. The lowest BCUT2D eigenvalue weighted by Crippen LogP contribution is -2.52. The van der Waals surface area contributed by atoms with Crippen LogP contribution in [0, 0.1) is 0 Å². The second-order valence-corrected chi connectivity index (χ2v) is 6.72. The van der Waals surface area contributed by atoms with E-state index in [9.17, 15) is 4.79 Å². The molecule has 1 amide bonds. The molecule has 0 spiro atoms. The van der Waals surface area contributed by atoms with E-state index in [-0.39, 0.29) is 18.1 Å². The Morgan fingerprint density at radius 1 is 1.36 bits per heavy atom. The summed E-state index contributed by atoms with van der Waals surface area (Å²) in [6.07, 6.45) is 2.74. The zero-order valence-corrected chi connectivity index (χ0v) is 13.2. The molecular weight excluding hydrogens is 304 g/mol. The first-order chi connectivity index (χ1) is 10.8. The number of fused-ring (bicyclic) bond motifs is 1. The highest BCUT2D eigenvalue weighted by Gasteiger charge is 2.43. The van der Waals surface area contributed by atoms with Crippen LogP contribution < -0.4 is 0 Å². The van der Waals surface area contributed by atoms with Gasteiger partial charge in [-0.1, -0.05) is 4.49 Å². The summed E-state index contributed by atoms with van der Waals surface area (Å²) in [6.45, 7) is 4.82. The van der Waals surface area contributed by atoms with Gasteiger partial charge < -0.3 is 14.4 Å². The Balaban J connectivity index is 1.42. The van der Waals surface area contributed by atoms with Crippen LogP contribution in [0.25, 0.3) is 0 Å². The monoisotopic (exact) mass is 324 g/mol. The fraction of sp³-hybridized carbons (Fsp3) is 0.786. The minimum Gasteiger partial charge on any atom is -0.377 e. The smallest absolute Gasteiger partial charge is 0.275 e. The molecular formula is C14H20N4O3S. The van der Waals surface area contributed by atoms with Crippen molar-refractivity contribution < 1.29 is 14.3 Å². The molecule has 4 heterocycles. The molecule has 1 aromatic rings. The van der Waals surface area contributed by atoms with Gasteiger partial charge in [-0.2, -0.15) is 0 Å². The summed E-state index contributed by atoms with van der Waals surface area (Å²) in [7, 11) is 0. The Kier molecular flexibility index (Phi) is 4.08. The van der Waals surface area contributed by atoms with Gasteiger partial charge in [0.25, 0.3) is 5.91 Å². The number of rotatable bonds is 3. The summed E-state index contributed by atoms with van der Waals surface area (Å²) in [5, 5.41) is 5.59. The van der Waals surface area contributed by atoms with Crippen molar-refractivity contribution in [3.63, 3.8) is 0 Å². The number of hydrogen-bond acceptors (Lipinski definition) is 7. The molecule has 8 heteroatoms. The van der Waals surface area contributed by atoms with E-state index >= 15 is 0 Å². The fourth-order valence-corrected chi connectivity index (χ4v) is 4.05. The number of amides is 1. The average Bonchev–Trinajstić information content (AvgIpc) is 3.28. The summed E-state index contributed by atoms with van der Waals surface area (Å²) in [5.41, 5.74) is 0.439. The van der Waals surface area contributed by atoms with Crippen LogP contribution in [0.15, 0.2) is 5.38 Å². The Bertz CT molecular complexity index is 520. The molecule has 0 aromatic carbocycles. The third-order valence-electron chi connectivity index (χ3n) is 4.74. The van der Waals surface area contributed by atoms with Crippen LogP contribution in [0.4, 0.5) is 0 Å². The molecule has 120 valence electrons. The number of morpholine rings is 1. The quantitative estimate of drug-likeness (QED) is 0.793. The van der Waals surface area contributed by atoms with Gasteiger partial charge in [-0.15, -0.1) is 5.10 Å². The van der Waals surface area contributed by atoms with Crippen LogP contribution in [-0.4, -0.2) is 82.9 Å². The SMILES string of the molecule is O=C(c1csnn1)N1CC2OCCN(CC3CCCO3)C2C1. The third kappa shape index (κ3) is 2.76. The molecule has 0 radical (unpaired) electrons. The van der Waals surface area contributed by atoms with Gasteiger partial charge in [0.15, 0.2) is 5.69 Å². The van der Waals surface area contributed by atoms with E-state index in [1.165, 1.54) is 11.5 Å². The van der Waals surface area contributed by atoms with Crippen molar-refractivity contribution in [3.8, 4) is 0 Å². The molecule has 3 saturated heterocycles. The lowest BCUT2D eigenvalue weighted by atomic mass is 10.1.